The quantitative estimate of drug-likeness (QED) is 0.361. The summed E-state index contributed by atoms with van der Waals surface area (Å²) in [6.45, 7) is 1.70. The highest BCUT2D eigenvalue weighted by molar-refractivity contribution is 6.04. The minimum atomic E-state index is -0.706. The molecule has 0 saturated heterocycles. The Morgan fingerprint density at radius 1 is 1.00 bits per heavy atom. The van der Waals surface area contributed by atoms with E-state index in [0.29, 0.717) is 28.2 Å². The lowest BCUT2D eigenvalue weighted by Gasteiger charge is -2.13. The van der Waals surface area contributed by atoms with Crippen molar-refractivity contribution in [3.8, 4) is 17.2 Å². The van der Waals surface area contributed by atoms with Gasteiger partial charge in [-0.1, -0.05) is 0 Å². The summed E-state index contributed by atoms with van der Waals surface area (Å²) in [6.07, 6.45) is 3.25. The molecule has 2 aromatic carbocycles. The van der Waals surface area contributed by atoms with E-state index in [1.807, 2.05) is 0 Å². The van der Waals surface area contributed by atoms with Crippen LogP contribution in [0.25, 0.3) is 16.7 Å². The van der Waals surface area contributed by atoms with Gasteiger partial charge in [0, 0.05) is 35.5 Å². The van der Waals surface area contributed by atoms with Crippen molar-refractivity contribution in [2.45, 2.75) is 6.92 Å². The lowest BCUT2D eigenvalue weighted by molar-refractivity contribution is 0.102. The first-order chi connectivity index (χ1) is 16.9. The zero-order valence-corrected chi connectivity index (χ0v) is 18.4. The number of aromatic amines is 1. The Kier molecular flexibility index (Phi) is 5.58. The first kappa shape index (κ1) is 22.0. The highest BCUT2D eigenvalue weighted by atomic mass is 19.1. The van der Waals surface area contributed by atoms with Gasteiger partial charge in [0.1, 0.15) is 22.8 Å². The number of H-pyrrole nitrogens is 1. The summed E-state index contributed by atoms with van der Waals surface area (Å²) in [5.41, 5.74) is 1.02. The number of pyridine rings is 2. The molecule has 0 atom stereocenters. The third-order valence-electron chi connectivity index (χ3n) is 5.44. The number of fused-ring (bicyclic) bond motifs is 1. The van der Waals surface area contributed by atoms with Gasteiger partial charge in [0.25, 0.3) is 11.5 Å². The summed E-state index contributed by atoms with van der Waals surface area (Å²) in [5, 5.41) is 3.24. The summed E-state index contributed by atoms with van der Waals surface area (Å²) in [7, 11) is 0. The lowest BCUT2D eigenvalue weighted by Crippen LogP contribution is -2.29. The van der Waals surface area contributed by atoms with E-state index in [-0.39, 0.29) is 17.0 Å². The second-order valence-corrected chi connectivity index (χ2v) is 7.76. The third kappa shape index (κ3) is 4.26. The van der Waals surface area contributed by atoms with Crippen LogP contribution in [-0.4, -0.2) is 20.4 Å². The Balaban J connectivity index is 1.39. The van der Waals surface area contributed by atoms with Gasteiger partial charge in [-0.2, -0.15) is 0 Å². The summed E-state index contributed by atoms with van der Waals surface area (Å²) >= 11 is 0. The average Bonchev–Trinajstić information content (AvgIpc) is 3.32. The van der Waals surface area contributed by atoms with E-state index in [2.05, 4.69) is 15.3 Å². The molecule has 3 aromatic heterocycles. The Morgan fingerprint density at radius 2 is 1.80 bits per heavy atom. The molecule has 0 radical (unpaired) electrons. The van der Waals surface area contributed by atoms with Gasteiger partial charge in [0.05, 0.1) is 5.39 Å². The van der Waals surface area contributed by atoms with Crippen molar-refractivity contribution in [1.82, 2.24) is 14.5 Å². The number of ether oxygens (including phenoxy) is 1. The van der Waals surface area contributed by atoms with E-state index >= 15 is 0 Å². The average molecular weight is 472 g/mol. The molecule has 2 N–H and O–H groups in total. The number of amides is 1. The molecule has 0 fully saturated rings. The molecule has 3 heterocycles. The van der Waals surface area contributed by atoms with Gasteiger partial charge in [-0.15, -0.1) is 0 Å². The summed E-state index contributed by atoms with van der Waals surface area (Å²) in [4.78, 5) is 33.0. The number of hydrogen-bond donors (Lipinski definition) is 2. The highest BCUT2D eigenvalue weighted by Crippen LogP contribution is 2.31. The minimum absolute atomic E-state index is 0.0364. The van der Waals surface area contributed by atoms with Gasteiger partial charge in [-0.05, 0) is 67.6 Å². The van der Waals surface area contributed by atoms with Gasteiger partial charge >= 0.3 is 0 Å². The normalized spacial score (nSPS) is 10.9. The minimum Gasteiger partial charge on any atom is -0.453 e. The molecule has 0 saturated carbocycles. The molecule has 0 aliphatic carbocycles. The van der Waals surface area contributed by atoms with Crippen molar-refractivity contribution in [3.63, 3.8) is 0 Å². The van der Waals surface area contributed by atoms with Gasteiger partial charge in [0.2, 0.25) is 0 Å². The Morgan fingerprint density at radius 3 is 2.57 bits per heavy atom. The summed E-state index contributed by atoms with van der Waals surface area (Å²) in [5.74, 6) is -1.46. The van der Waals surface area contributed by atoms with Crippen LogP contribution in [0.1, 0.15) is 16.1 Å². The van der Waals surface area contributed by atoms with Crippen molar-refractivity contribution in [2.75, 3.05) is 5.32 Å². The van der Waals surface area contributed by atoms with E-state index in [1.54, 1.807) is 37.5 Å². The van der Waals surface area contributed by atoms with E-state index in [4.69, 9.17) is 4.74 Å². The number of carbonyl (C=O) groups is 1. The standard InChI is InChI=1S/C26H18F2N4O3/c1-15-2-8-20(26(34)32(15)18-6-3-16(27)4-7-18)25(33)31-17-5-9-23(21(28)14-17)35-22-11-13-30-24-19(22)10-12-29-24/h2-14H,1H3,(H,29,30)(H,31,33). The van der Waals surface area contributed by atoms with Crippen LogP contribution < -0.4 is 15.6 Å². The molecule has 0 aliphatic heterocycles. The SMILES string of the molecule is Cc1ccc(C(=O)Nc2ccc(Oc3ccnc4[nH]ccc34)c(F)c2)c(=O)n1-c1ccc(F)cc1. The lowest BCUT2D eigenvalue weighted by atomic mass is 10.2. The Hall–Kier alpha value is -4.79. The molecular weight excluding hydrogens is 454 g/mol. The Labute approximate surface area is 197 Å². The molecule has 5 aromatic rings. The monoisotopic (exact) mass is 472 g/mol. The number of anilines is 1. The molecular formula is C26H18F2N4O3. The van der Waals surface area contributed by atoms with Gasteiger partial charge < -0.3 is 15.0 Å². The predicted molar refractivity (Wildman–Crippen MR) is 127 cm³/mol. The van der Waals surface area contributed by atoms with Crippen molar-refractivity contribution in [2.24, 2.45) is 0 Å². The number of rotatable bonds is 5. The maximum atomic E-state index is 14.8. The van der Waals surface area contributed by atoms with Crippen LogP contribution in [0.3, 0.4) is 0 Å². The van der Waals surface area contributed by atoms with Crippen molar-refractivity contribution in [3.05, 3.63) is 112 Å². The van der Waals surface area contributed by atoms with Crippen LogP contribution >= 0.6 is 0 Å². The molecule has 0 spiro atoms. The van der Waals surface area contributed by atoms with E-state index in [1.165, 1.54) is 47.0 Å². The molecule has 0 aliphatic rings. The number of aromatic nitrogens is 3. The Bertz CT molecular complexity index is 1620. The van der Waals surface area contributed by atoms with Gasteiger partial charge in [-0.3, -0.25) is 14.2 Å². The topological polar surface area (TPSA) is 89.0 Å². The fourth-order valence-corrected chi connectivity index (χ4v) is 3.72. The largest absolute Gasteiger partial charge is 0.453 e. The zero-order chi connectivity index (χ0) is 24.5. The molecule has 9 heteroatoms. The maximum Gasteiger partial charge on any atom is 0.268 e. The van der Waals surface area contributed by atoms with Crippen molar-refractivity contribution in [1.29, 1.82) is 0 Å². The van der Waals surface area contributed by atoms with E-state index in [9.17, 15) is 18.4 Å². The number of nitrogens with zero attached hydrogens (tertiary/aromatic N) is 2. The number of halogens is 2. The fraction of sp³-hybridized carbons (Fsp3) is 0.0385. The molecule has 174 valence electrons. The summed E-state index contributed by atoms with van der Waals surface area (Å²) < 4.78 is 35.1. The number of nitrogens with one attached hydrogen (secondary N) is 2. The van der Waals surface area contributed by atoms with Crippen LogP contribution in [-0.2, 0) is 0 Å². The van der Waals surface area contributed by atoms with Crippen LogP contribution in [0.5, 0.6) is 11.5 Å². The van der Waals surface area contributed by atoms with Gasteiger partial charge in [0.15, 0.2) is 11.6 Å². The fourth-order valence-electron chi connectivity index (χ4n) is 3.72. The third-order valence-corrected chi connectivity index (χ3v) is 5.44. The second-order valence-electron chi connectivity index (χ2n) is 7.76. The van der Waals surface area contributed by atoms with Crippen LogP contribution in [0.4, 0.5) is 14.5 Å². The highest BCUT2D eigenvalue weighted by Gasteiger charge is 2.17. The first-order valence-corrected chi connectivity index (χ1v) is 10.6. The van der Waals surface area contributed by atoms with Crippen LogP contribution in [0, 0.1) is 18.6 Å². The number of aryl methyl sites for hydroxylation is 1. The van der Waals surface area contributed by atoms with Crippen molar-refractivity contribution < 1.29 is 18.3 Å². The summed E-state index contributed by atoms with van der Waals surface area (Å²) in [6, 6.07) is 15.7. The van der Waals surface area contributed by atoms with Crippen molar-refractivity contribution >= 4 is 22.6 Å². The predicted octanol–water partition coefficient (Wildman–Crippen LogP) is 5.35. The smallest absolute Gasteiger partial charge is 0.268 e. The molecule has 0 unspecified atom stereocenters. The molecule has 7 nitrogen and oxygen atoms in total. The van der Waals surface area contributed by atoms with E-state index in [0.717, 1.165) is 6.07 Å². The molecule has 0 bridgehead atoms. The molecule has 1 amide bonds. The van der Waals surface area contributed by atoms with Crippen LogP contribution in [0.2, 0.25) is 0 Å². The number of benzene rings is 2. The van der Waals surface area contributed by atoms with E-state index < -0.39 is 23.1 Å². The zero-order valence-electron chi connectivity index (χ0n) is 18.4. The molecule has 35 heavy (non-hydrogen) atoms. The van der Waals surface area contributed by atoms with Crippen LogP contribution in [0.15, 0.2) is 83.9 Å². The van der Waals surface area contributed by atoms with Gasteiger partial charge in [-0.25, -0.2) is 13.8 Å². The number of carbonyl (C=O) groups excluding carboxylic acids is 1. The molecule has 5 rings (SSSR count). The maximum absolute atomic E-state index is 14.8. The number of hydrogen-bond acceptors (Lipinski definition) is 4. The second kappa shape index (κ2) is 8.86. The first-order valence-electron chi connectivity index (χ1n) is 10.6.